The molecule has 0 saturated heterocycles. The fourth-order valence-electron chi connectivity index (χ4n) is 2.71. The summed E-state index contributed by atoms with van der Waals surface area (Å²) < 4.78 is 2.50. The second kappa shape index (κ2) is 6.31. The van der Waals surface area contributed by atoms with Gasteiger partial charge < -0.3 is 0 Å². The molecule has 0 unspecified atom stereocenters. The van der Waals surface area contributed by atoms with E-state index in [0.717, 1.165) is 21.5 Å². The zero-order valence-electron chi connectivity index (χ0n) is 14.3. The number of Topliss-reactive ketones (excluding diaryl/α,β-unsaturated/α-hetero) is 1. The molecule has 5 nitrogen and oxygen atoms in total. The van der Waals surface area contributed by atoms with Crippen LogP contribution in [0.3, 0.4) is 0 Å². The topological polar surface area (TPSA) is 64.8 Å². The second-order valence-corrected chi connectivity index (χ2v) is 7.07. The van der Waals surface area contributed by atoms with Crippen molar-refractivity contribution in [2.75, 3.05) is 0 Å². The first-order chi connectivity index (χ1) is 12.5. The van der Waals surface area contributed by atoms with Gasteiger partial charge in [-0.15, -0.1) is 11.3 Å². The molecule has 0 bridgehead atoms. The van der Waals surface area contributed by atoms with E-state index in [9.17, 15) is 9.59 Å². The number of fused-ring (bicyclic) bond motifs is 1. The van der Waals surface area contributed by atoms with Crippen LogP contribution in [-0.2, 0) is 0 Å². The van der Waals surface area contributed by atoms with Crippen LogP contribution in [0.25, 0.3) is 15.9 Å². The highest BCUT2D eigenvalue weighted by molar-refractivity contribution is 7.20. The van der Waals surface area contributed by atoms with Crippen molar-refractivity contribution in [1.82, 2.24) is 14.8 Å². The highest BCUT2D eigenvalue weighted by Gasteiger charge is 2.23. The van der Waals surface area contributed by atoms with Gasteiger partial charge in [0.25, 0.3) is 0 Å². The largest absolute Gasteiger partial charge is 0.293 e. The Bertz CT molecular complexity index is 1110. The molecule has 0 radical (unpaired) electrons. The van der Waals surface area contributed by atoms with Gasteiger partial charge in [0.15, 0.2) is 10.8 Å². The van der Waals surface area contributed by atoms with Crippen molar-refractivity contribution < 1.29 is 9.59 Å². The number of ketones is 2. The van der Waals surface area contributed by atoms with Crippen molar-refractivity contribution in [3.8, 4) is 5.69 Å². The lowest BCUT2D eigenvalue weighted by molar-refractivity contribution is 0.0987. The third-order valence-electron chi connectivity index (χ3n) is 4.08. The van der Waals surface area contributed by atoms with Crippen LogP contribution in [0.5, 0.6) is 0 Å². The van der Waals surface area contributed by atoms with Crippen molar-refractivity contribution in [3.63, 3.8) is 0 Å². The summed E-state index contributed by atoms with van der Waals surface area (Å²) in [5.74, 6) is -0.532. The Balaban J connectivity index is 1.80. The summed E-state index contributed by atoms with van der Waals surface area (Å²) in [6.07, 6.45) is 1.61. The summed E-state index contributed by atoms with van der Waals surface area (Å²) in [6.45, 7) is 3.41. The minimum atomic E-state index is -0.283. The first-order valence-electron chi connectivity index (χ1n) is 8.11. The van der Waals surface area contributed by atoms with E-state index in [1.165, 1.54) is 18.3 Å². The number of carbonyl (C=O) groups is 2. The molecule has 2 aromatic heterocycles. The highest BCUT2D eigenvalue weighted by atomic mass is 32.1. The van der Waals surface area contributed by atoms with Crippen LogP contribution in [0.2, 0.25) is 0 Å². The molecular formula is C20H15N3O2S. The number of nitrogens with zero attached hydrogens (tertiary/aromatic N) is 3. The lowest BCUT2D eigenvalue weighted by atomic mass is 10.1. The van der Waals surface area contributed by atoms with Crippen LogP contribution >= 0.6 is 11.3 Å². The Hall–Kier alpha value is -3.12. The number of benzene rings is 2. The predicted octanol–water partition coefficient (Wildman–Crippen LogP) is 4.22. The van der Waals surface area contributed by atoms with E-state index in [1.54, 1.807) is 10.9 Å². The van der Waals surface area contributed by atoms with Crippen molar-refractivity contribution in [2.45, 2.75) is 13.8 Å². The summed E-state index contributed by atoms with van der Waals surface area (Å²) in [5.41, 5.74) is 3.13. The molecule has 2 aromatic carbocycles. The van der Waals surface area contributed by atoms with Gasteiger partial charge in [0.05, 0.1) is 21.5 Å². The van der Waals surface area contributed by atoms with Crippen LogP contribution in [0.1, 0.15) is 38.3 Å². The van der Waals surface area contributed by atoms with E-state index < -0.39 is 0 Å². The maximum Gasteiger partial charge on any atom is 0.225 e. The van der Waals surface area contributed by atoms with Crippen LogP contribution in [0.4, 0.5) is 0 Å². The zero-order chi connectivity index (χ0) is 18.3. The monoisotopic (exact) mass is 361 g/mol. The Kier molecular flexibility index (Phi) is 3.97. The fourth-order valence-corrected chi connectivity index (χ4v) is 3.63. The Morgan fingerprint density at radius 3 is 2.46 bits per heavy atom. The van der Waals surface area contributed by atoms with Gasteiger partial charge in [-0.1, -0.05) is 29.8 Å². The van der Waals surface area contributed by atoms with E-state index in [1.807, 2.05) is 55.5 Å². The van der Waals surface area contributed by atoms with E-state index in [2.05, 4.69) is 10.1 Å². The van der Waals surface area contributed by atoms with Gasteiger partial charge in [-0.05, 0) is 31.2 Å². The van der Waals surface area contributed by atoms with Gasteiger partial charge in [0.1, 0.15) is 5.69 Å². The minimum Gasteiger partial charge on any atom is -0.293 e. The molecule has 0 amide bonds. The third-order valence-corrected chi connectivity index (χ3v) is 5.11. The summed E-state index contributed by atoms with van der Waals surface area (Å²) in [4.78, 5) is 29.4. The quantitative estimate of drug-likeness (QED) is 0.510. The molecule has 0 aliphatic carbocycles. The molecule has 0 atom stereocenters. The molecule has 0 spiro atoms. The van der Waals surface area contributed by atoms with E-state index in [-0.39, 0.29) is 22.8 Å². The molecule has 0 fully saturated rings. The predicted molar refractivity (Wildman–Crippen MR) is 101 cm³/mol. The smallest absolute Gasteiger partial charge is 0.225 e. The summed E-state index contributed by atoms with van der Waals surface area (Å²) in [7, 11) is 0. The molecule has 0 aliphatic heterocycles. The minimum absolute atomic E-state index is 0.162. The van der Waals surface area contributed by atoms with Gasteiger partial charge in [0, 0.05) is 13.1 Å². The van der Waals surface area contributed by atoms with Gasteiger partial charge >= 0.3 is 0 Å². The highest BCUT2D eigenvalue weighted by Crippen LogP contribution is 2.25. The van der Waals surface area contributed by atoms with Gasteiger partial charge in [0.2, 0.25) is 5.78 Å². The molecule has 0 saturated carbocycles. The molecule has 0 aliphatic rings. The zero-order valence-corrected chi connectivity index (χ0v) is 15.1. The van der Waals surface area contributed by atoms with Crippen LogP contribution in [0, 0.1) is 6.92 Å². The second-order valence-electron chi connectivity index (χ2n) is 6.04. The molecule has 128 valence electrons. The molecule has 2 heterocycles. The molecule has 6 heteroatoms. The number of hydrogen-bond donors (Lipinski definition) is 0. The standard InChI is InChI=1S/C20H15N3O2S/c1-12-7-9-14(10-8-12)23-11-15(18(22-23)13(2)24)19(25)20-21-16-5-3-4-6-17(16)26-20/h3-11H,1-2H3. The summed E-state index contributed by atoms with van der Waals surface area (Å²) >= 11 is 1.32. The summed E-state index contributed by atoms with van der Waals surface area (Å²) in [5, 5.41) is 4.69. The lowest BCUT2D eigenvalue weighted by Crippen LogP contribution is -2.06. The van der Waals surface area contributed by atoms with Crippen molar-refractivity contribution in [1.29, 1.82) is 0 Å². The average molecular weight is 361 g/mol. The number of aromatic nitrogens is 3. The normalized spacial score (nSPS) is 11.0. The maximum absolute atomic E-state index is 13.0. The van der Waals surface area contributed by atoms with Crippen molar-refractivity contribution in [3.05, 3.63) is 76.6 Å². The van der Waals surface area contributed by atoms with Crippen LogP contribution in [0.15, 0.2) is 54.7 Å². The Morgan fingerprint density at radius 1 is 1.04 bits per heavy atom. The Labute approximate surface area is 153 Å². The van der Waals surface area contributed by atoms with Crippen molar-refractivity contribution in [2.24, 2.45) is 0 Å². The summed E-state index contributed by atoms with van der Waals surface area (Å²) in [6, 6.07) is 15.3. The number of hydrogen-bond acceptors (Lipinski definition) is 5. The number of rotatable bonds is 4. The van der Waals surface area contributed by atoms with Gasteiger partial charge in [-0.2, -0.15) is 5.10 Å². The SMILES string of the molecule is CC(=O)c1nn(-c2ccc(C)cc2)cc1C(=O)c1nc2ccccc2s1. The number of aryl methyl sites for hydroxylation is 1. The fraction of sp³-hybridized carbons (Fsp3) is 0.100. The number of thiazole rings is 1. The maximum atomic E-state index is 13.0. The first-order valence-corrected chi connectivity index (χ1v) is 8.92. The number of carbonyl (C=O) groups excluding carboxylic acids is 2. The molecule has 4 aromatic rings. The molecular weight excluding hydrogens is 346 g/mol. The lowest BCUT2D eigenvalue weighted by Gasteiger charge is -2.00. The first kappa shape index (κ1) is 16.4. The Morgan fingerprint density at radius 2 is 1.77 bits per heavy atom. The van der Waals surface area contributed by atoms with Gasteiger partial charge in [-0.25, -0.2) is 9.67 Å². The molecule has 4 rings (SSSR count). The van der Waals surface area contributed by atoms with E-state index in [4.69, 9.17) is 0 Å². The molecule has 0 N–H and O–H groups in total. The average Bonchev–Trinajstić information content (AvgIpc) is 3.26. The van der Waals surface area contributed by atoms with Crippen molar-refractivity contribution >= 4 is 33.1 Å². The van der Waals surface area contributed by atoms with E-state index >= 15 is 0 Å². The van der Waals surface area contributed by atoms with Gasteiger partial charge in [-0.3, -0.25) is 9.59 Å². The van der Waals surface area contributed by atoms with Crippen LogP contribution in [-0.4, -0.2) is 26.3 Å². The van der Waals surface area contributed by atoms with Crippen LogP contribution < -0.4 is 0 Å². The van der Waals surface area contributed by atoms with E-state index in [0.29, 0.717) is 5.01 Å². The molecule has 26 heavy (non-hydrogen) atoms. The number of para-hydroxylation sites is 1. The third kappa shape index (κ3) is 2.84.